The molecule has 0 radical (unpaired) electrons. The third-order valence-electron chi connectivity index (χ3n) is 2.58. The monoisotopic (exact) mass is 401 g/mol. The number of rotatable bonds is 3. The zero-order chi connectivity index (χ0) is 12.3. The summed E-state index contributed by atoms with van der Waals surface area (Å²) >= 11 is 5.91. The summed E-state index contributed by atoms with van der Waals surface area (Å²) in [6.45, 7) is 2.17. The number of benzene rings is 2. The fraction of sp³-hybridized carbons (Fsp3) is 0.143. The van der Waals surface area contributed by atoms with Crippen LogP contribution in [0.3, 0.4) is 0 Å². The maximum Gasteiger partial charge on any atom is 0.0496 e. The van der Waals surface area contributed by atoms with E-state index in [2.05, 4.69) is 93.2 Å². The lowest BCUT2D eigenvalue weighted by atomic mass is 10.1. The van der Waals surface area contributed by atoms with Crippen LogP contribution >= 0.6 is 38.5 Å². The topological polar surface area (TPSA) is 12.0 Å². The standard InChI is InChI=1S/C14H13BrIN/c1-10(13-7-2-3-8-14(13)15)17-12-6-4-5-11(16)9-12/h2-10,17H,1H3. The minimum atomic E-state index is 0.281. The molecule has 0 aromatic heterocycles. The van der Waals surface area contributed by atoms with E-state index in [9.17, 15) is 0 Å². The molecule has 0 aliphatic heterocycles. The van der Waals surface area contributed by atoms with Crippen LogP contribution in [-0.4, -0.2) is 0 Å². The number of nitrogens with one attached hydrogen (secondary N) is 1. The lowest BCUT2D eigenvalue weighted by Crippen LogP contribution is -2.07. The lowest BCUT2D eigenvalue weighted by molar-refractivity contribution is 0.879. The molecule has 3 heteroatoms. The van der Waals surface area contributed by atoms with Crippen molar-refractivity contribution < 1.29 is 0 Å². The molecule has 0 saturated heterocycles. The quantitative estimate of drug-likeness (QED) is 0.694. The molecule has 1 unspecified atom stereocenters. The van der Waals surface area contributed by atoms with Crippen molar-refractivity contribution in [1.29, 1.82) is 0 Å². The highest BCUT2D eigenvalue weighted by molar-refractivity contribution is 14.1. The molecule has 17 heavy (non-hydrogen) atoms. The minimum Gasteiger partial charge on any atom is -0.378 e. The second kappa shape index (κ2) is 5.87. The van der Waals surface area contributed by atoms with Gasteiger partial charge in [-0.05, 0) is 59.3 Å². The van der Waals surface area contributed by atoms with Crippen LogP contribution in [0, 0.1) is 3.57 Å². The smallest absolute Gasteiger partial charge is 0.0496 e. The molecule has 0 saturated carbocycles. The van der Waals surface area contributed by atoms with Crippen molar-refractivity contribution in [1.82, 2.24) is 0 Å². The van der Waals surface area contributed by atoms with Crippen molar-refractivity contribution in [3.63, 3.8) is 0 Å². The van der Waals surface area contributed by atoms with Gasteiger partial charge in [0.1, 0.15) is 0 Å². The average Bonchev–Trinajstić information content (AvgIpc) is 2.29. The summed E-state index contributed by atoms with van der Waals surface area (Å²) < 4.78 is 2.39. The second-order valence-corrected chi connectivity index (χ2v) is 6.00. The molecule has 2 aromatic rings. The van der Waals surface area contributed by atoms with Gasteiger partial charge in [-0.25, -0.2) is 0 Å². The molecule has 0 heterocycles. The number of hydrogen-bond donors (Lipinski definition) is 1. The van der Waals surface area contributed by atoms with E-state index in [1.165, 1.54) is 9.13 Å². The van der Waals surface area contributed by atoms with E-state index in [4.69, 9.17) is 0 Å². The normalized spacial score (nSPS) is 12.2. The first-order valence-corrected chi connectivity index (χ1v) is 7.30. The van der Waals surface area contributed by atoms with E-state index in [1.807, 2.05) is 6.07 Å². The van der Waals surface area contributed by atoms with Gasteiger partial charge in [-0.1, -0.05) is 40.2 Å². The molecular formula is C14H13BrIN. The fourth-order valence-corrected chi connectivity index (χ4v) is 2.90. The van der Waals surface area contributed by atoms with E-state index in [0.29, 0.717) is 0 Å². The Bertz CT molecular complexity index is 513. The third kappa shape index (κ3) is 3.45. The molecule has 0 amide bonds. The molecule has 1 nitrogen and oxygen atoms in total. The zero-order valence-electron chi connectivity index (χ0n) is 9.45. The van der Waals surface area contributed by atoms with Crippen LogP contribution in [0.15, 0.2) is 53.0 Å². The Morgan fingerprint density at radius 1 is 1.12 bits per heavy atom. The maximum absolute atomic E-state index is 3.58. The van der Waals surface area contributed by atoms with Crippen molar-refractivity contribution in [2.75, 3.05) is 5.32 Å². The van der Waals surface area contributed by atoms with Crippen molar-refractivity contribution in [2.24, 2.45) is 0 Å². The molecule has 0 fully saturated rings. The van der Waals surface area contributed by atoms with E-state index in [-0.39, 0.29) is 6.04 Å². The molecule has 0 aliphatic carbocycles. The lowest BCUT2D eigenvalue weighted by Gasteiger charge is -2.17. The van der Waals surface area contributed by atoms with Gasteiger partial charge in [0, 0.05) is 19.8 Å². The Kier molecular flexibility index (Phi) is 4.45. The van der Waals surface area contributed by atoms with Gasteiger partial charge in [-0.15, -0.1) is 0 Å². The van der Waals surface area contributed by atoms with Crippen molar-refractivity contribution >= 4 is 44.2 Å². The van der Waals surface area contributed by atoms with Gasteiger partial charge in [0.2, 0.25) is 0 Å². The summed E-state index contributed by atoms with van der Waals surface area (Å²) in [6, 6.07) is 17.0. The summed E-state index contributed by atoms with van der Waals surface area (Å²) in [4.78, 5) is 0. The Balaban J connectivity index is 2.17. The molecule has 2 aromatic carbocycles. The van der Waals surface area contributed by atoms with Crippen molar-refractivity contribution in [3.8, 4) is 0 Å². The average molecular weight is 402 g/mol. The van der Waals surface area contributed by atoms with E-state index in [1.54, 1.807) is 0 Å². The van der Waals surface area contributed by atoms with Crippen molar-refractivity contribution in [3.05, 3.63) is 62.1 Å². The van der Waals surface area contributed by atoms with Crippen LogP contribution in [0.1, 0.15) is 18.5 Å². The Morgan fingerprint density at radius 2 is 1.88 bits per heavy atom. The van der Waals surface area contributed by atoms with Gasteiger partial charge in [0.25, 0.3) is 0 Å². The second-order valence-electron chi connectivity index (χ2n) is 3.90. The van der Waals surface area contributed by atoms with Crippen molar-refractivity contribution in [2.45, 2.75) is 13.0 Å². The van der Waals surface area contributed by atoms with E-state index in [0.717, 1.165) is 10.2 Å². The predicted octanol–water partition coefficient (Wildman–Crippen LogP) is 5.23. The zero-order valence-corrected chi connectivity index (χ0v) is 13.2. The molecule has 0 spiro atoms. The summed E-state index contributed by atoms with van der Waals surface area (Å²) in [7, 11) is 0. The van der Waals surface area contributed by atoms with Crippen LogP contribution in [0.2, 0.25) is 0 Å². The SMILES string of the molecule is CC(Nc1cccc(I)c1)c1ccccc1Br. The Morgan fingerprint density at radius 3 is 2.59 bits per heavy atom. The van der Waals surface area contributed by atoms with Gasteiger partial charge in [-0.2, -0.15) is 0 Å². The predicted molar refractivity (Wildman–Crippen MR) is 85.3 cm³/mol. The molecule has 88 valence electrons. The number of hydrogen-bond acceptors (Lipinski definition) is 1. The largest absolute Gasteiger partial charge is 0.378 e. The van der Waals surface area contributed by atoms with Crippen LogP contribution in [0.4, 0.5) is 5.69 Å². The Hall–Kier alpha value is -0.550. The van der Waals surface area contributed by atoms with E-state index < -0.39 is 0 Å². The van der Waals surface area contributed by atoms with Crippen LogP contribution in [-0.2, 0) is 0 Å². The maximum atomic E-state index is 3.58. The summed E-state index contributed by atoms with van der Waals surface area (Å²) in [5.74, 6) is 0. The molecule has 1 N–H and O–H groups in total. The number of halogens is 2. The van der Waals surface area contributed by atoms with Gasteiger partial charge in [0.15, 0.2) is 0 Å². The van der Waals surface area contributed by atoms with Gasteiger partial charge >= 0.3 is 0 Å². The summed E-state index contributed by atoms with van der Waals surface area (Å²) in [5, 5.41) is 3.51. The third-order valence-corrected chi connectivity index (χ3v) is 3.97. The highest BCUT2D eigenvalue weighted by Gasteiger charge is 2.08. The first-order valence-electron chi connectivity index (χ1n) is 5.43. The van der Waals surface area contributed by atoms with Gasteiger partial charge in [0.05, 0.1) is 0 Å². The van der Waals surface area contributed by atoms with Gasteiger partial charge in [-0.3, -0.25) is 0 Å². The summed E-state index contributed by atoms with van der Waals surface area (Å²) in [6.07, 6.45) is 0. The molecule has 1 atom stereocenters. The highest BCUT2D eigenvalue weighted by Crippen LogP contribution is 2.26. The Labute approximate surface area is 124 Å². The fourth-order valence-electron chi connectivity index (χ4n) is 1.73. The van der Waals surface area contributed by atoms with Gasteiger partial charge < -0.3 is 5.32 Å². The van der Waals surface area contributed by atoms with Crippen LogP contribution in [0.25, 0.3) is 0 Å². The molecule has 0 bridgehead atoms. The summed E-state index contributed by atoms with van der Waals surface area (Å²) in [5.41, 5.74) is 2.42. The van der Waals surface area contributed by atoms with Crippen LogP contribution in [0.5, 0.6) is 0 Å². The first kappa shape index (κ1) is 12.9. The molecule has 0 aliphatic rings. The highest BCUT2D eigenvalue weighted by atomic mass is 127. The molecule has 2 rings (SSSR count). The molecular weight excluding hydrogens is 389 g/mol. The van der Waals surface area contributed by atoms with Crippen LogP contribution < -0.4 is 5.32 Å². The van der Waals surface area contributed by atoms with E-state index >= 15 is 0 Å². The first-order chi connectivity index (χ1) is 8.16. The number of anilines is 1. The minimum absolute atomic E-state index is 0.281.